The summed E-state index contributed by atoms with van der Waals surface area (Å²) in [5.74, 6) is -1.66. The summed E-state index contributed by atoms with van der Waals surface area (Å²) < 4.78 is 43.2. The van der Waals surface area contributed by atoms with Gasteiger partial charge in [0.25, 0.3) is 0 Å². The lowest BCUT2D eigenvalue weighted by Crippen LogP contribution is -2.37. The van der Waals surface area contributed by atoms with Gasteiger partial charge in [-0.3, -0.25) is 4.79 Å². The number of benzene rings is 1. The third kappa shape index (κ3) is 4.22. The Bertz CT molecular complexity index is 603. The Kier molecular flexibility index (Phi) is 4.93. The maximum Gasteiger partial charge on any atom is 0.416 e. The van der Waals surface area contributed by atoms with E-state index in [-0.39, 0.29) is 12.8 Å². The van der Waals surface area contributed by atoms with Gasteiger partial charge in [0, 0.05) is 0 Å². The van der Waals surface area contributed by atoms with Crippen molar-refractivity contribution in [2.45, 2.75) is 44.2 Å². The van der Waals surface area contributed by atoms with E-state index in [0.717, 1.165) is 12.1 Å². The summed E-state index contributed by atoms with van der Waals surface area (Å²) in [5, 5.41) is 11.4. The van der Waals surface area contributed by atoms with E-state index in [1.807, 2.05) is 0 Å². The quantitative estimate of drug-likeness (QED) is 0.889. The molecular weight excluding hydrogens is 315 g/mol. The summed E-state index contributed by atoms with van der Waals surface area (Å²) in [7, 11) is 0. The van der Waals surface area contributed by atoms with Crippen LogP contribution in [0.4, 0.5) is 13.2 Å². The third-order valence-corrected chi connectivity index (χ3v) is 3.66. The van der Waals surface area contributed by atoms with E-state index >= 15 is 0 Å². The Labute approximate surface area is 130 Å². The Hall–Kier alpha value is -2.09. The van der Waals surface area contributed by atoms with Gasteiger partial charge in [-0.25, -0.2) is 4.79 Å². The van der Waals surface area contributed by atoms with Crippen LogP contribution in [0, 0.1) is 0 Å². The monoisotopic (exact) mass is 331 g/mol. The Balaban J connectivity index is 2.01. The molecule has 1 aliphatic rings. The SMILES string of the molecule is CC(NC(=O)[C@@H]1CC[C@H](C(=O)O)O1)c1cccc(C(F)(F)F)c1. The van der Waals surface area contributed by atoms with Crippen LogP contribution in [0.25, 0.3) is 0 Å². The molecule has 1 amide bonds. The molecule has 0 aromatic heterocycles. The molecule has 0 spiro atoms. The van der Waals surface area contributed by atoms with Crippen molar-refractivity contribution in [1.29, 1.82) is 0 Å². The van der Waals surface area contributed by atoms with Crippen LogP contribution in [0.2, 0.25) is 0 Å². The van der Waals surface area contributed by atoms with Crippen LogP contribution >= 0.6 is 0 Å². The number of aliphatic carboxylic acids is 1. The third-order valence-electron chi connectivity index (χ3n) is 3.66. The van der Waals surface area contributed by atoms with Crippen molar-refractivity contribution in [2.75, 3.05) is 0 Å². The normalized spacial score (nSPS) is 22.6. The largest absolute Gasteiger partial charge is 0.479 e. The zero-order valence-electron chi connectivity index (χ0n) is 12.3. The standard InChI is InChI=1S/C15H16F3NO4/c1-8(9-3-2-4-10(7-9)15(16,17)18)19-13(20)11-5-6-12(23-11)14(21)22/h2-4,7-8,11-12H,5-6H2,1H3,(H,19,20)(H,21,22)/t8?,11-,12+/m0/s1. The minimum Gasteiger partial charge on any atom is -0.479 e. The topological polar surface area (TPSA) is 75.6 Å². The molecule has 1 fully saturated rings. The van der Waals surface area contributed by atoms with Gasteiger partial charge >= 0.3 is 12.1 Å². The minimum atomic E-state index is -4.46. The molecular formula is C15H16F3NO4. The molecule has 1 heterocycles. The number of alkyl halides is 3. The van der Waals surface area contributed by atoms with Crippen molar-refractivity contribution in [3.63, 3.8) is 0 Å². The first-order chi connectivity index (χ1) is 10.7. The van der Waals surface area contributed by atoms with Crippen molar-refractivity contribution in [3.8, 4) is 0 Å². The fourth-order valence-electron chi connectivity index (χ4n) is 2.39. The zero-order valence-corrected chi connectivity index (χ0v) is 12.3. The molecule has 3 atom stereocenters. The molecule has 23 heavy (non-hydrogen) atoms. The van der Waals surface area contributed by atoms with Gasteiger partial charge in [0.2, 0.25) is 5.91 Å². The summed E-state index contributed by atoms with van der Waals surface area (Å²) in [5.41, 5.74) is -0.486. The number of ether oxygens (including phenoxy) is 1. The Morgan fingerprint density at radius 3 is 2.52 bits per heavy atom. The molecule has 5 nitrogen and oxygen atoms in total. The lowest BCUT2D eigenvalue weighted by atomic mass is 10.0. The number of carbonyl (C=O) groups excluding carboxylic acids is 1. The van der Waals surface area contributed by atoms with Gasteiger partial charge in [0.15, 0.2) is 6.10 Å². The van der Waals surface area contributed by atoms with Crippen LogP contribution in [-0.2, 0) is 20.5 Å². The zero-order chi connectivity index (χ0) is 17.2. The number of carboxylic acids is 1. The van der Waals surface area contributed by atoms with Crippen molar-refractivity contribution < 1.29 is 32.6 Å². The summed E-state index contributed by atoms with van der Waals surface area (Å²) in [6, 6.07) is 4.02. The molecule has 0 saturated carbocycles. The van der Waals surface area contributed by atoms with Gasteiger partial charge in [-0.2, -0.15) is 13.2 Å². The van der Waals surface area contributed by atoms with Crippen molar-refractivity contribution >= 4 is 11.9 Å². The van der Waals surface area contributed by atoms with Gasteiger partial charge in [-0.1, -0.05) is 12.1 Å². The number of hydrogen-bond donors (Lipinski definition) is 2. The maximum absolute atomic E-state index is 12.7. The molecule has 126 valence electrons. The van der Waals surface area contributed by atoms with E-state index in [0.29, 0.717) is 5.56 Å². The summed E-state index contributed by atoms with van der Waals surface area (Å²) in [4.78, 5) is 22.8. The molecule has 1 unspecified atom stereocenters. The van der Waals surface area contributed by atoms with E-state index in [1.54, 1.807) is 6.92 Å². The van der Waals surface area contributed by atoms with E-state index in [1.165, 1.54) is 12.1 Å². The fourth-order valence-corrected chi connectivity index (χ4v) is 2.39. The van der Waals surface area contributed by atoms with Crippen LogP contribution in [0.3, 0.4) is 0 Å². The maximum atomic E-state index is 12.7. The van der Waals surface area contributed by atoms with Gasteiger partial charge in [-0.15, -0.1) is 0 Å². The van der Waals surface area contributed by atoms with Crippen LogP contribution in [0.5, 0.6) is 0 Å². The van der Waals surface area contributed by atoms with E-state index in [9.17, 15) is 22.8 Å². The molecule has 1 aromatic rings. The average molecular weight is 331 g/mol. The number of carboxylic acid groups (broad SMARTS) is 1. The summed E-state index contributed by atoms with van der Waals surface area (Å²) in [6.45, 7) is 1.55. The first-order valence-corrected chi connectivity index (χ1v) is 7.04. The smallest absolute Gasteiger partial charge is 0.416 e. The second-order valence-corrected chi connectivity index (χ2v) is 5.38. The molecule has 1 aliphatic heterocycles. The van der Waals surface area contributed by atoms with Gasteiger partial charge < -0.3 is 15.2 Å². The van der Waals surface area contributed by atoms with Gasteiger partial charge in [0.05, 0.1) is 11.6 Å². The van der Waals surface area contributed by atoms with E-state index in [2.05, 4.69) is 5.32 Å². The summed E-state index contributed by atoms with van der Waals surface area (Å²) in [6.07, 6.45) is -5.88. The van der Waals surface area contributed by atoms with Crippen LogP contribution in [0.15, 0.2) is 24.3 Å². The number of halogens is 3. The predicted octanol–water partition coefficient (Wildman–Crippen LogP) is 2.51. The van der Waals surface area contributed by atoms with Crippen molar-refractivity contribution in [2.24, 2.45) is 0 Å². The highest BCUT2D eigenvalue weighted by Gasteiger charge is 2.35. The first-order valence-electron chi connectivity index (χ1n) is 7.04. The number of amides is 1. The van der Waals surface area contributed by atoms with Crippen LogP contribution in [0.1, 0.15) is 36.9 Å². The Morgan fingerprint density at radius 1 is 1.30 bits per heavy atom. The van der Waals surface area contributed by atoms with Crippen molar-refractivity contribution in [3.05, 3.63) is 35.4 Å². The Morgan fingerprint density at radius 2 is 1.96 bits per heavy atom. The molecule has 0 bridgehead atoms. The van der Waals surface area contributed by atoms with Gasteiger partial charge in [-0.05, 0) is 37.5 Å². The molecule has 1 aromatic carbocycles. The van der Waals surface area contributed by atoms with E-state index < -0.39 is 41.9 Å². The molecule has 2 rings (SSSR count). The lowest BCUT2D eigenvalue weighted by Gasteiger charge is -2.18. The highest BCUT2D eigenvalue weighted by Crippen LogP contribution is 2.31. The molecule has 1 saturated heterocycles. The van der Waals surface area contributed by atoms with E-state index in [4.69, 9.17) is 9.84 Å². The second kappa shape index (κ2) is 6.57. The average Bonchev–Trinajstić information content (AvgIpc) is 2.96. The molecule has 0 aliphatic carbocycles. The number of nitrogens with one attached hydrogen (secondary N) is 1. The lowest BCUT2D eigenvalue weighted by molar-refractivity contribution is -0.151. The first kappa shape index (κ1) is 17.3. The second-order valence-electron chi connectivity index (χ2n) is 5.38. The predicted molar refractivity (Wildman–Crippen MR) is 73.5 cm³/mol. The number of carbonyl (C=O) groups is 2. The molecule has 2 N–H and O–H groups in total. The minimum absolute atomic E-state index is 0.228. The number of rotatable bonds is 4. The van der Waals surface area contributed by atoms with Gasteiger partial charge in [0.1, 0.15) is 6.10 Å². The highest BCUT2D eigenvalue weighted by atomic mass is 19.4. The van der Waals surface area contributed by atoms with Crippen LogP contribution in [-0.4, -0.2) is 29.2 Å². The van der Waals surface area contributed by atoms with Crippen molar-refractivity contribution in [1.82, 2.24) is 5.32 Å². The number of hydrogen-bond acceptors (Lipinski definition) is 3. The summed E-state index contributed by atoms with van der Waals surface area (Å²) >= 11 is 0. The molecule has 8 heteroatoms. The van der Waals surface area contributed by atoms with Crippen LogP contribution < -0.4 is 5.32 Å². The molecule has 0 radical (unpaired) electrons. The highest BCUT2D eigenvalue weighted by molar-refractivity contribution is 5.83. The fraction of sp³-hybridized carbons (Fsp3) is 0.467.